The van der Waals surface area contributed by atoms with Gasteiger partial charge in [0, 0.05) is 7.11 Å². The van der Waals surface area contributed by atoms with Crippen molar-refractivity contribution in [1.82, 2.24) is 5.32 Å². The Hall–Kier alpha value is -0.610. The van der Waals surface area contributed by atoms with Gasteiger partial charge in [-0.1, -0.05) is 0 Å². The van der Waals surface area contributed by atoms with E-state index in [9.17, 15) is 4.79 Å². The van der Waals surface area contributed by atoms with E-state index in [0.29, 0.717) is 0 Å². The second-order valence-electron chi connectivity index (χ2n) is 2.33. The average Bonchev–Trinajstić information content (AvgIpc) is 2.33. The van der Waals surface area contributed by atoms with Crippen molar-refractivity contribution in [3.05, 3.63) is 0 Å². The number of methoxy groups -OCH3 is 1. The number of hydrogen-bond acceptors (Lipinski definition) is 3. The number of nitrogens with one attached hydrogen (secondary N) is 1. The SMILES string of the molecule is CO[C@H]1CCN[C@H]1C(=O)O. The summed E-state index contributed by atoms with van der Waals surface area (Å²) >= 11 is 0. The van der Waals surface area contributed by atoms with Crippen molar-refractivity contribution < 1.29 is 14.6 Å². The third-order valence-electron chi connectivity index (χ3n) is 1.73. The van der Waals surface area contributed by atoms with Crippen molar-refractivity contribution >= 4 is 5.97 Å². The van der Waals surface area contributed by atoms with Crippen LogP contribution in [0.2, 0.25) is 0 Å². The zero-order valence-corrected chi connectivity index (χ0v) is 5.83. The number of carbonyl (C=O) groups is 1. The molecule has 0 aromatic heterocycles. The number of hydrogen-bond donors (Lipinski definition) is 2. The maximum Gasteiger partial charge on any atom is 0.323 e. The summed E-state index contributed by atoms with van der Waals surface area (Å²) in [5.74, 6) is -0.829. The highest BCUT2D eigenvalue weighted by Crippen LogP contribution is 2.09. The van der Waals surface area contributed by atoms with Crippen LogP contribution in [0.3, 0.4) is 0 Å². The first-order valence-electron chi connectivity index (χ1n) is 3.24. The number of carboxylic acid groups (broad SMARTS) is 1. The fourth-order valence-electron chi connectivity index (χ4n) is 1.18. The predicted molar refractivity (Wildman–Crippen MR) is 34.8 cm³/mol. The molecule has 1 heterocycles. The molecule has 1 rings (SSSR count). The molecule has 0 aromatic carbocycles. The third-order valence-corrected chi connectivity index (χ3v) is 1.73. The Bertz CT molecular complexity index is 137. The van der Waals surface area contributed by atoms with E-state index in [1.165, 1.54) is 7.11 Å². The average molecular weight is 145 g/mol. The smallest absolute Gasteiger partial charge is 0.323 e. The van der Waals surface area contributed by atoms with Crippen LogP contribution in [0.4, 0.5) is 0 Å². The molecule has 1 saturated heterocycles. The first kappa shape index (κ1) is 7.50. The second kappa shape index (κ2) is 2.98. The van der Waals surface area contributed by atoms with E-state index >= 15 is 0 Å². The zero-order chi connectivity index (χ0) is 7.56. The fraction of sp³-hybridized carbons (Fsp3) is 0.833. The Labute approximate surface area is 59.2 Å². The first-order chi connectivity index (χ1) is 4.75. The van der Waals surface area contributed by atoms with Gasteiger partial charge < -0.3 is 15.2 Å². The van der Waals surface area contributed by atoms with Crippen LogP contribution >= 0.6 is 0 Å². The van der Waals surface area contributed by atoms with Crippen molar-refractivity contribution in [2.24, 2.45) is 0 Å². The predicted octanol–water partition coefficient (Wildman–Crippen LogP) is -0.552. The highest BCUT2D eigenvalue weighted by atomic mass is 16.5. The lowest BCUT2D eigenvalue weighted by atomic mass is 10.2. The second-order valence-corrected chi connectivity index (χ2v) is 2.33. The van der Waals surface area contributed by atoms with Gasteiger partial charge in [-0.05, 0) is 13.0 Å². The molecule has 0 spiro atoms. The lowest BCUT2D eigenvalue weighted by Gasteiger charge is -2.12. The largest absolute Gasteiger partial charge is 0.480 e. The molecule has 0 saturated carbocycles. The van der Waals surface area contributed by atoms with Crippen LogP contribution in [0.5, 0.6) is 0 Å². The Morgan fingerprint density at radius 3 is 2.90 bits per heavy atom. The third kappa shape index (κ3) is 1.27. The molecule has 2 N–H and O–H groups in total. The van der Waals surface area contributed by atoms with Gasteiger partial charge in [0.25, 0.3) is 0 Å². The van der Waals surface area contributed by atoms with E-state index < -0.39 is 12.0 Å². The van der Waals surface area contributed by atoms with E-state index in [-0.39, 0.29) is 6.10 Å². The molecule has 1 fully saturated rings. The van der Waals surface area contributed by atoms with E-state index in [1.807, 2.05) is 0 Å². The molecule has 1 aliphatic heterocycles. The van der Waals surface area contributed by atoms with Crippen molar-refractivity contribution in [2.75, 3.05) is 13.7 Å². The number of rotatable bonds is 2. The van der Waals surface area contributed by atoms with E-state index in [2.05, 4.69) is 5.32 Å². The molecule has 0 unspecified atom stereocenters. The minimum absolute atomic E-state index is 0.155. The van der Waals surface area contributed by atoms with Crippen LogP contribution in [0, 0.1) is 0 Å². The summed E-state index contributed by atoms with van der Waals surface area (Å²) in [6.07, 6.45) is 0.630. The summed E-state index contributed by atoms with van der Waals surface area (Å²) in [6, 6.07) is -0.509. The molecule has 0 bridgehead atoms. The highest BCUT2D eigenvalue weighted by Gasteiger charge is 2.32. The lowest BCUT2D eigenvalue weighted by molar-refractivity contribution is -0.141. The maximum absolute atomic E-state index is 10.4. The van der Waals surface area contributed by atoms with Gasteiger partial charge in [-0.25, -0.2) is 0 Å². The Morgan fingerprint density at radius 2 is 2.50 bits per heavy atom. The van der Waals surface area contributed by atoms with Crippen molar-refractivity contribution in [3.8, 4) is 0 Å². The summed E-state index contributed by atoms with van der Waals surface area (Å²) < 4.78 is 4.94. The van der Waals surface area contributed by atoms with Gasteiger partial charge in [0.15, 0.2) is 0 Å². The van der Waals surface area contributed by atoms with Crippen LogP contribution in [-0.4, -0.2) is 36.9 Å². The van der Waals surface area contributed by atoms with Crippen LogP contribution in [0.15, 0.2) is 0 Å². The Balaban J connectivity index is 2.50. The molecule has 58 valence electrons. The molecular formula is C6H11NO3. The molecule has 0 aromatic rings. The van der Waals surface area contributed by atoms with Gasteiger partial charge >= 0.3 is 5.97 Å². The molecular weight excluding hydrogens is 134 g/mol. The molecule has 0 radical (unpaired) electrons. The monoisotopic (exact) mass is 145 g/mol. The number of ether oxygens (including phenoxy) is 1. The standard InChI is InChI=1S/C6H11NO3/c1-10-4-2-3-7-5(4)6(8)9/h4-5,7H,2-3H2,1H3,(H,8,9)/t4-,5+/m0/s1. The van der Waals surface area contributed by atoms with Crippen LogP contribution in [0.25, 0.3) is 0 Å². The molecule has 10 heavy (non-hydrogen) atoms. The fourth-order valence-corrected chi connectivity index (χ4v) is 1.18. The Kier molecular flexibility index (Phi) is 2.24. The van der Waals surface area contributed by atoms with Crippen molar-refractivity contribution in [2.45, 2.75) is 18.6 Å². The van der Waals surface area contributed by atoms with Crippen molar-refractivity contribution in [1.29, 1.82) is 0 Å². The quantitative estimate of drug-likeness (QED) is 0.547. The topological polar surface area (TPSA) is 58.6 Å². The maximum atomic E-state index is 10.4. The van der Waals surface area contributed by atoms with Gasteiger partial charge in [-0.3, -0.25) is 4.79 Å². The molecule has 4 heteroatoms. The molecule has 0 amide bonds. The van der Waals surface area contributed by atoms with Gasteiger partial charge in [0.1, 0.15) is 6.04 Å². The Morgan fingerprint density at radius 1 is 1.80 bits per heavy atom. The van der Waals surface area contributed by atoms with Gasteiger partial charge in [-0.15, -0.1) is 0 Å². The van der Waals surface area contributed by atoms with Crippen LogP contribution < -0.4 is 5.32 Å². The number of carboxylic acids is 1. The number of aliphatic carboxylic acids is 1. The molecule has 0 aliphatic carbocycles. The minimum Gasteiger partial charge on any atom is -0.480 e. The van der Waals surface area contributed by atoms with Gasteiger partial charge in [-0.2, -0.15) is 0 Å². The summed E-state index contributed by atoms with van der Waals surface area (Å²) in [5.41, 5.74) is 0. The summed E-state index contributed by atoms with van der Waals surface area (Å²) in [6.45, 7) is 0.732. The normalized spacial score (nSPS) is 32.5. The first-order valence-corrected chi connectivity index (χ1v) is 3.24. The van der Waals surface area contributed by atoms with Gasteiger partial charge in [0.05, 0.1) is 6.10 Å². The zero-order valence-electron chi connectivity index (χ0n) is 5.83. The highest BCUT2D eigenvalue weighted by molar-refractivity contribution is 5.74. The summed E-state index contributed by atoms with van der Waals surface area (Å²) in [7, 11) is 1.54. The van der Waals surface area contributed by atoms with E-state index in [4.69, 9.17) is 9.84 Å². The van der Waals surface area contributed by atoms with E-state index in [1.54, 1.807) is 0 Å². The lowest BCUT2D eigenvalue weighted by Crippen LogP contribution is -2.39. The van der Waals surface area contributed by atoms with Gasteiger partial charge in [0.2, 0.25) is 0 Å². The van der Waals surface area contributed by atoms with Crippen LogP contribution in [-0.2, 0) is 9.53 Å². The van der Waals surface area contributed by atoms with Crippen LogP contribution in [0.1, 0.15) is 6.42 Å². The molecule has 2 atom stereocenters. The van der Waals surface area contributed by atoms with Crippen molar-refractivity contribution in [3.63, 3.8) is 0 Å². The minimum atomic E-state index is -0.829. The molecule has 1 aliphatic rings. The van der Waals surface area contributed by atoms with E-state index in [0.717, 1.165) is 13.0 Å². The summed E-state index contributed by atoms with van der Waals surface area (Å²) in [4.78, 5) is 10.4. The summed E-state index contributed by atoms with van der Waals surface area (Å²) in [5, 5.41) is 11.4. The molecule has 4 nitrogen and oxygen atoms in total.